The van der Waals surface area contributed by atoms with E-state index in [1.54, 1.807) is 0 Å². The van der Waals surface area contributed by atoms with Gasteiger partial charge in [-0.3, -0.25) is 0 Å². The fourth-order valence-electron chi connectivity index (χ4n) is 1.69. The highest BCUT2D eigenvalue weighted by atomic mass is 19.2. The molecule has 1 aromatic carbocycles. The highest BCUT2D eigenvalue weighted by molar-refractivity contribution is 5.80. The van der Waals surface area contributed by atoms with Crippen molar-refractivity contribution in [2.75, 3.05) is 12.4 Å². The SMILES string of the molecule is COC(=O)C(Nc1ccc(F)c(F)c1)C1CC1. The molecular formula is C12H13F2NO2. The summed E-state index contributed by atoms with van der Waals surface area (Å²) in [7, 11) is 1.31. The molecule has 1 atom stereocenters. The molecule has 3 nitrogen and oxygen atoms in total. The van der Waals surface area contributed by atoms with Gasteiger partial charge in [0.15, 0.2) is 11.6 Å². The van der Waals surface area contributed by atoms with Crippen LogP contribution in [0.2, 0.25) is 0 Å². The van der Waals surface area contributed by atoms with Gasteiger partial charge in [0, 0.05) is 11.8 Å². The molecule has 2 rings (SSSR count). The molecule has 1 aliphatic rings. The van der Waals surface area contributed by atoms with Crippen molar-refractivity contribution < 1.29 is 18.3 Å². The van der Waals surface area contributed by atoms with Gasteiger partial charge in [-0.2, -0.15) is 0 Å². The number of anilines is 1. The van der Waals surface area contributed by atoms with Crippen molar-refractivity contribution in [2.45, 2.75) is 18.9 Å². The first-order valence-corrected chi connectivity index (χ1v) is 5.41. The third-order valence-corrected chi connectivity index (χ3v) is 2.79. The van der Waals surface area contributed by atoms with Crippen LogP contribution in [0.4, 0.5) is 14.5 Å². The summed E-state index contributed by atoms with van der Waals surface area (Å²) in [4.78, 5) is 11.5. The van der Waals surface area contributed by atoms with E-state index >= 15 is 0 Å². The first kappa shape index (κ1) is 11.8. The van der Waals surface area contributed by atoms with Crippen LogP contribution in [-0.4, -0.2) is 19.1 Å². The van der Waals surface area contributed by atoms with Crippen LogP contribution in [0.5, 0.6) is 0 Å². The summed E-state index contributed by atoms with van der Waals surface area (Å²) in [5, 5.41) is 2.88. The maximum absolute atomic E-state index is 13.0. The molecule has 1 N–H and O–H groups in total. The molecule has 0 amide bonds. The lowest BCUT2D eigenvalue weighted by Crippen LogP contribution is -2.32. The first-order valence-electron chi connectivity index (χ1n) is 5.41. The number of ether oxygens (including phenoxy) is 1. The molecule has 0 radical (unpaired) electrons. The van der Waals surface area contributed by atoms with Crippen LogP contribution < -0.4 is 5.32 Å². The third kappa shape index (κ3) is 2.72. The average molecular weight is 241 g/mol. The predicted octanol–water partition coefficient (Wildman–Crippen LogP) is 2.33. The Morgan fingerprint density at radius 2 is 2.12 bits per heavy atom. The van der Waals surface area contributed by atoms with Crippen molar-refractivity contribution in [1.29, 1.82) is 0 Å². The molecule has 5 heteroatoms. The van der Waals surface area contributed by atoms with Crippen LogP contribution >= 0.6 is 0 Å². The molecule has 92 valence electrons. The van der Waals surface area contributed by atoms with Gasteiger partial charge in [-0.1, -0.05) is 0 Å². The predicted molar refractivity (Wildman–Crippen MR) is 58.5 cm³/mol. The van der Waals surface area contributed by atoms with Gasteiger partial charge < -0.3 is 10.1 Å². The molecule has 1 aliphatic carbocycles. The van der Waals surface area contributed by atoms with Crippen LogP contribution in [0.3, 0.4) is 0 Å². The standard InChI is InChI=1S/C12H13F2NO2/c1-17-12(16)11(7-2-3-7)15-8-4-5-9(13)10(14)6-8/h4-7,11,15H,2-3H2,1H3. The minimum atomic E-state index is -0.936. The maximum Gasteiger partial charge on any atom is 0.328 e. The van der Waals surface area contributed by atoms with Crippen molar-refractivity contribution in [2.24, 2.45) is 5.92 Å². The summed E-state index contributed by atoms with van der Waals surface area (Å²) >= 11 is 0. The largest absolute Gasteiger partial charge is 0.467 e. The molecule has 17 heavy (non-hydrogen) atoms. The molecule has 1 aromatic rings. The Morgan fingerprint density at radius 3 is 2.65 bits per heavy atom. The van der Waals surface area contributed by atoms with E-state index in [4.69, 9.17) is 0 Å². The molecule has 0 heterocycles. The van der Waals surface area contributed by atoms with Crippen LogP contribution in [0.15, 0.2) is 18.2 Å². The number of halogens is 2. The smallest absolute Gasteiger partial charge is 0.328 e. The summed E-state index contributed by atoms with van der Waals surface area (Å²) in [5.74, 6) is -2.00. The van der Waals surface area contributed by atoms with E-state index in [2.05, 4.69) is 10.1 Å². The van der Waals surface area contributed by atoms with Gasteiger partial charge in [-0.15, -0.1) is 0 Å². The summed E-state index contributed by atoms with van der Waals surface area (Å²) in [5.41, 5.74) is 0.381. The molecule has 0 aliphatic heterocycles. The number of nitrogens with one attached hydrogen (secondary N) is 1. The van der Waals surface area contributed by atoms with E-state index in [1.165, 1.54) is 13.2 Å². The summed E-state index contributed by atoms with van der Waals surface area (Å²) in [6, 6.07) is 2.98. The van der Waals surface area contributed by atoms with Crippen LogP contribution in [0.25, 0.3) is 0 Å². The highest BCUT2D eigenvalue weighted by Crippen LogP contribution is 2.34. The topological polar surface area (TPSA) is 38.3 Å². The summed E-state index contributed by atoms with van der Waals surface area (Å²) in [6.07, 6.45) is 1.88. The Balaban J connectivity index is 2.11. The molecule has 1 saturated carbocycles. The normalized spacial score (nSPS) is 16.4. The number of carbonyl (C=O) groups excluding carboxylic acids is 1. The zero-order valence-corrected chi connectivity index (χ0v) is 9.37. The zero-order valence-electron chi connectivity index (χ0n) is 9.37. The van der Waals surface area contributed by atoms with Crippen molar-refractivity contribution in [1.82, 2.24) is 0 Å². The lowest BCUT2D eigenvalue weighted by atomic mass is 10.1. The molecular weight excluding hydrogens is 228 g/mol. The lowest BCUT2D eigenvalue weighted by molar-refractivity contribution is -0.142. The summed E-state index contributed by atoms with van der Waals surface area (Å²) in [6.45, 7) is 0. The monoisotopic (exact) mass is 241 g/mol. The minimum Gasteiger partial charge on any atom is -0.467 e. The Hall–Kier alpha value is -1.65. The van der Waals surface area contributed by atoms with E-state index < -0.39 is 17.7 Å². The van der Waals surface area contributed by atoms with Crippen molar-refractivity contribution in [3.63, 3.8) is 0 Å². The van der Waals surface area contributed by atoms with Crippen molar-refractivity contribution >= 4 is 11.7 Å². The molecule has 0 spiro atoms. The Kier molecular flexibility index (Phi) is 3.26. The fraction of sp³-hybridized carbons (Fsp3) is 0.417. The molecule has 0 aromatic heterocycles. The number of hydrogen-bond donors (Lipinski definition) is 1. The van der Waals surface area contributed by atoms with Crippen molar-refractivity contribution in [3.05, 3.63) is 29.8 Å². The van der Waals surface area contributed by atoms with Crippen LogP contribution in [0, 0.1) is 17.6 Å². The van der Waals surface area contributed by atoms with Gasteiger partial charge in [0.25, 0.3) is 0 Å². The van der Waals surface area contributed by atoms with Gasteiger partial charge in [0.05, 0.1) is 7.11 Å². The number of hydrogen-bond acceptors (Lipinski definition) is 3. The molecule has 1 unspecified atom stereocenters. The Bertz CT molecular complexity index is 433. The molecule has 0 bridgehead atoms. The maximum atomic E-state index is 13.0. The minimum absolute atomic E-state index is 0.218. The quantitative estimate of drug-likeness (QED) is 0.822. The Morgan fingerprint density at radius 1 is 1.41 bits per heavy atom. The molecule has 1 fully saturated rings. The second-order valence-corrected chi connectivity index (χ2v) is 4.11. The lowest BCUT2D eigenvalue weighted by Gasteiger charge is -2.17. The highest BCUT2D eigenvalue weighted by Gasteiger charge is 2.37. The first-order chi connectivity index (χ1) is 8.11. The number of benzene rings is 1. The van der Waals surface area contributed by atoms with E-state index in [1.807, 2.05) is 0 Å². The fourth-order valence-corrected chi connectivity index (χ4v) is 1.69. The van der Waals surface area contributed by atoms with Gasteiger partial charge in [-0.25, -0.2) is 13.6 Å². The van der Waals surface area contributed by atoms with Crippen molar-refractivity contribution in [3.8, 4) is 0 Å². The van der Waals surface area contributed by atoms with Gasteiger partial charge in [0.2, 0.25) is 0 Å². The number of rotatable bonds is 4. The summed E-state index contributed by atoms with van der Waals surface area (Å²) < 4.78 is 30.4. The second kappa shape index (κ2) is 4.69. The number of esters is 1. The number of carbonyl (C=O) groups is 1. The van der Waals surface area contributed by atoms with Crippen LogP contribution in [-0.2, 0) is 9.53 Å². The van der Waals surface area contributed by atoms with E-state index in [0.29, 0.717) is 5.69 Å². The number of methoxy groups -OCH3 is 1. The van der Waals surface area contributed by atoms with Crippen LogP contribution in [0.1, 0.15) is 12.8 Å². The van der Waals surface area contributed by atoms with E-state index in [-0.39, 0.29) is 11.9 Å². The second-order valence-electron chi connectivity index (χ2n) is 4.11. The Labute approximate surface area is 97.8 Å². The van der Waals surface area contributed by atoms with Gasteiger partial charge >= 0.3 is 5.97 Å². The van der Waals surface area contributed by atoms with Gasteiger partial charge in [-0.05, 0) is 30.9 Å². The zero-order chi connectivity index (χ0) is 12.4. The van der Waals surface area contributed by atoms with E-state index in [9.17, 15) is 13.6 Å². The average Bonchev–Trinajstić information content (AvgIpc) is 3.13. The third-order valence-electron chi connectivity index (χ3n) is 2.79. The van der Waals surface area contributed by atoms with Gasteiger partial charge in [0.1, 0.15) is 6.04 Å². The van der Waals surface area contributed by atoms with E-state index in [0.717, 1.165) is 25.0 Å². The molecule has 0 saturated heterocycles.